The van der Waals surface area contributed by atoms with E-state index in [0.29, 0.717) is 13.0 Å². The zero-order chi connectivity index (χ0) is 13.4. The molecular formula is C13H28N4O. The predicted molar refractivity (Wildman–Crippen MR) is 73.9 cm³/mol. The number of hydrogen-bond acceptors (Lipinski definition) is 4. The van der Waals surface area contributed by atoms with Gasteiger partial charge in [-0.15, -0.1) is 0 Å². The highest BCUT2D eigenvalue weighted by Gasteiger charge is 2.19. The number of hydrogen-bond donors (Lipinski definition) is 2. The van der Waals surface area contributed by atoms with E-state index in [2.05, 4.69) is 10.4 Å². The average Bonchev–Trinajstić information content (AvgIpc) is 2.40. The van der Waals surface area contributed by atoms with Crippen LogP contribution in [0.1, 0.15) is 39.5 Å². The van der Waals surface area contributed by atoms with Gasteiger partial charge in [0, 0.05) is 45.2 Å². The molecule has 0 bridgehead atoms. The molecular weight excluding hydrogens is 228 g/mol. The number of carbonyl (C=O) groups is 1. The maximum absolute atomic E-state index is 12.0. The standard InChI is InChI=1S/C13H28N4O/c1-3-16(4-2)13(18)10-12(11-14)15-17-8-6-5-7-9-17/h12,15H,3-11,14H2,1-2H3. The number of nitrogens with one attached hydrogen (secondary N) is 1. The highest BCUT2D eigenvalue weighted by molar-refractivity contribution is 5.76. The summed E-state index contributed by atoms with van der Waals surface area (Å²) >= 11 is 0. The molecule has 1 amide bonds. The SMILES string of the molecule is CCN(CC)C(=O)CC(CN)NN1CCCCC1. The minimum Gasteiger partial charge on any atom is -0.343 e. The first-order chi connectivity index (χ1) is 8.71. The van der Waals surface area contributed by atoms with Gasteiger partial charge in [0.2, 0.25) is 5.91 Å². The van der Waals surface area contributed by atoms with Gasteiger partial charge in [0.15, 0.2) is 0 Å². The number of amides is 1. The van der Waals surface area contributed by atoms with Gasteiger partial charge in [-0.2, -0.15) is 0 Å². The summed E-state index contributed by atoms with van der Waals surface area (Å²) in [6.07, 6.45) is 4.26. The molecule has 1 aliphatic rings. The van der Waals surface area contributed by atoms with Crippen molar-refractivity contribution in [2.45, 2.75) is 45.6 Å². The number of nitrogens with two attached hydrogens (primary N) is 1. The van der Waals surface area contributed by atoms with Crippen molar-refractivity contribution in [3.05, 3.63) is 0 Å². The highest BCUT2D eigenvalue weighted by Crippen LogP contribution is 2.07. The first-order valence-corrected chi connectivity index (χ1v) is 7.20. The van der Waals surface area contributed by atoms with Gasteiger partial charge in [-0.25, -0.2) is 5.01 Å². The Hall–Kier alpha value is -0.650. The fraction of sp³-hybridized carbons (Fsp3) is 0.923. The van der Waals surface area contributed by atoms with E-state index in [0.717, 1.165) is 26.2 Å². The lowest BCUT2D eigenvalue weighted by atomic mass is 10.1. The Labute approximate surface area is 111 Å². The number of carbonyl (C=O) groups excluding carboxylic acids is 1. The number of piperidine rings is 1. The van der Waals surface area contributed by atoms with Gasteiger partial charge < -0.3 is 10.6 Å². The molecule has 1 atom stereocenters. The molecule has 0 radical (unpaired) electrons. The maximum atomic E-state index is 12.0. The van der Waals surface area contributed by atoms with Crippen LogP contribution in [0.5, 0.6) is 0 Å². The van der Waals surface area contributed by atoms with E-state index < -0.39 is 0 Å². The van der Waals surface area contributed by atoms with E-state index in [-0.39, 0.29) is 11.9 Å². The summed E-state index contributed by atoms with van der Waals surface area (Å²) in [4.78, 5) is 13.9. The van der Waals surface area contributed by atoms with E-state index in [4.69, 9.17) is 5.73 Å². The van der Waals surface area contributed by atoms with Crippen LogP contribution >= 0.6 is 0 Å². The maximum Gasteiger partial charge on any atom is 0.224 e. The monoisotopic (exact) mass is 256 g/mol. The van der Waals surface area contributed by atoms with Crippen LogP contribution in [0.2, 0.25) is 0 Å². The zero-order valence-corrected chi connectivity index (χ0v) is 11.8. The summed E-state index contributed by atoms with van der Waals surface area (Å²) < 4.78 is 0. The van der Waals surface area contributed by atoms with Crippen LogP contribution < -0.4 is 11.2 Å². The normalized spacial score (nSPS) is 18.6. The molecule has 3 N–H and O–H groups in total. The molecule has 1 rings (SSSR count). The van der Waals surface area contributed by atoms with Gasteiger partial charge in [-0.05, 0) is 26.7 Å². The van der Waals surface area contributed by atoms with Crippen molar-refractivity contribution in [1.82, 2.24) is 15.3 Å². The second-order valence-electron chi connectivity index (χ2n) is 4.88. The molecule has 0 saturated carbocycles. The average molecular weight is 256 g/mol. The molecule has 0 aliphatic carbocycles. The van der Waals surface area contributed by atoms with Crippen molar-refractivity contribution in [2.75, 3.05) is 32.7 Å². The third-order valence-electron chi connectivity index (χ3n) is 3.54. The fourth-order valence-electron chi connectivity index (χ4n) is 2.38. The van der Waals surface area contributed by atoms with E-state index in [1.165, 1.54) is 19.3 Å². The molecule has 1 saturated heterocycles. The molecule has 1 fully saturated rings. The molecule has 1 unspecified atom stereocenters. The summed E-state index contributed by atoms with van der Waals surface area (Å²) in [7, 11) is 0. The Morgan fingerprint density at radius 3 is 2.39 bits per heavy atom. The van der Waals surface area contributed by atoms with Crippen molar-refractivity contribution in [2.24, 2.45) is 5.73 Å². The minimum absolute atomic E-state index is 0.0659. The van der Waals surface area contributed by atoms with Crippen LogP contribution in [0.4, 0.5) is 0 Å². The summed E-state index contributed by atoms with van der Waals surface area (Å²) in [5.74, 6) is 0.194. The Morgan fingerprint density at radius 2 is 1.89 bits per heavy atom. The Kier molecular flexibility index (Phi) is 7.23. The Balaban J connectivity index is 2.38. The molecule has 1 aliphatic heterocycles. The lowest BCUT2D eigenvalue weighted by molar-refractivity contribution is -0.131. The molecule has 106 valence electrons. The predicted octanol–water partition coefficient (Wildman–Crippen LogP) is 0.563. The Morgan fingerprint density at radius 1 is 1.28 bits per heavy atom. The van der Waals surface area contributed by atoms with Gasteiger partial charge in [0.25, 0.3) is 0 Å². The third-order valence-corrected chi connectivity index (χ3v) is 3.54. The molecule has 18 heavy (non-hydrogen) atoms. The van der Waals surface area contributed by atoms with Crippen molar-refractivity contribution < 1.29 is 4.79 Å². The molecule has 0 aromatic carbocycles. The van der Waals surface area contributed by atoms with E-state index in [1.807, 2.05) is 18.7 Å². The summed E-state index contributed by atoms with van der Waals surface area (Å²) in [5, 5.41) is 2.22. The molecule has 1 heterocycles. The van der Waals surface area contributed by atoms with Gasteiger partial charge >= 0.3 is 0 Å². The van der Waals surface area contributed by atoms with Crippen molar-refractivity contribution in [3.8, 4) is 0 Å². The molecule has 0 aromatic rings. The van der Waals surface area contributed by atoms with Gasteiger partial charge in [-0.3, -0.25) is 10.2 Å². The van der Waals surface area contributed by atoms with Crippen molar-refractivity contribution in [1.29, 1.82) is 0 Å². The van der Waals surface area contributed by atoms with E-state index in [9.17, 15) is 4.79 Å². The lowest BCUT2D eigenvalue weighted by Gasteiger charge is -2.32. The van der Waals surface area contributed by atoms with Gasteiger partial charge in [-0.1, -0.05) is 6.42 Å². The lowest BCUT2D eigenvalue weighted by Crippen LogP contribution is -2.51. The topological polar surface area (TPSA) is 61.6 Å². The molecule has 0 spiro atoms. The summed E-state index contributed by atoms with van der Waals surface area (Å²) in [6, 6.07) is 0.0659. The molecule has 5 nitrogen and oxygen atoms in total. The van der Waals surface area contributed by atoms with Crippen LogP contribution in [0.15, 0.2) is 0 Å². The number of nitrogens with zero attached hydrogens (tertiary/aromatic N) is 2. The minimum atomic E-state index is 0.0659. The van der Waals surface area contributed by atoms with E-state index in [1.54, 1.807) is 0 Å². The molecule has 5 heteroatoms. The van der Waals surface area contributed by atoms with Crippen molar-refractivity contribution >= 4 is 5.91 Å². The largest absolute Gasteiger partial charge is 0.343 e. The zero-order valence-electron chi connectivity index (χ0n) is 11.8. The quantitative estimate of drug-likeness (QED) is 0.699. The second kappa shape index (κ2) is 8.45. The van der Waals surface area contributed by atoms with Gasteiger partial charge in [0.1, 0.15) is 0 Å². The van der Waals surface area contributed by atoms with Crippen LogP contribution in [0.25, 0.3) is 0 Å². The highest BCUT2D eigenvalue weighted by atomic mass is 16.2. The number of hydrazine groups is 1. The smallest absolute Gasteiger partial charge is 0.224 e. The summed E-state index contributed by atoms with van der Waals surface area (Å²) in [6.45, 7) is 8.20. The van der Waals surface area contributed by atoms with Crippen LogP contribution in [0, 0.1) is 0 Å². The second-order valence-corrected chi connectivity index (χ2v) is 4.88. The molecule has 0 aromatic heterocycles. The van der Waals surface area contributed by atoms with Crippen LogP contribution in [0.3, 0.4) is 0 Å². The van der Waals surface area contributed by atoms with Gasteiger partial charge in [0.05, 0.1) is 0 Å². The fourth-order valence-corrected chi connectivity index (χ4v) is 2.38. The van der Waals surface area contributed by atoms with Crippen LogP contribution in [-0.4, -0.2) is 54.6 Å². The first kappa shape index (κ1) is 15.4. The first-order valence-electron chi connectivity index (χ1n) is 7.20. The van der Waals surface area contributed by atoms with Crippen molar-refractivity contribution in [3.63, 3.8) is 0 Å². The number of rotatable bonds is 7. The summed E-state index contributed by atoms with van der Waals surface area (Å²) in [5.41, 5.74) is 9.16. The third kappa shape index (κ3) is 4.92. The Bertz CT molecular complexity index is 237. The van der Waals surface area contributed by atoms with E-state index >= 15 is 0 Å². The van der Waals surface area contributed by atoms with Crippen LogP contribution in [-0.2, 0) is 4.79 Å².